The minimum absolute atomic E-state index is 0.0218. The largest absolute Gasteiger partial charge is 0.433 e. The highest BCUT2D eigenvalue weighted by Gasteiger charge is 2.53. The van der Waals surface area contributed by atoms with Crippen LogP contribution in [0.2, 0.25) is 0 Å². The van der Waals surface area contributed by atoms with Crippen LogP contribution in [0.15, 0.2) is 64.6 Å². The van der Waals surface area contributed by atoms with Gasteiger partial charge >= 0.3 is 6.18 Å². The second-order valence-electron chi connectivity index (χ2n) is 9.54. The molecule has 1 aromatic carbocycles. The van der Waals surface area contributed by atoms with E-state index in [4.69, 9.17) is 0 Å². The number of carbonyl (C=O) groups excluding carboxylic acids is 1. The van der Waals surface area contributed by atoms with Gasteiger partial charge in [0.2, 0.25) is 0 Å². The number of nitrogens with zero attached hydrogens (tertiary/aromatic N) is 5. The third-order valence-electron chi connectivity index (χ3n) is 7.29. The molecule has 196 valence electrons. The van der Waals surface area contributed by atoms with Crippen molar-refractivity contribution in [2.75, 3.05) is 13.1 Å². The second kappa shape index (κ2) is 9.58. The van der Waals surface area contributed by atoms with Gasteiger partial charge in [-0.25, -0.2) is 23.3 Å². The SMILES string of the molecule is O=C(c1cscn1)C12Cc3cnn(-c4ccc(F)cc4)c3CC1CCN(Sc1cccc(C(F)(F)F)n1)C2. The number of hydrogen-bond donors (Lipinski definition) is 0. The fraction of sp³-hybridized carbons (Fsp3) is 0.308. The van der Waals surface area contributed by atoms with Crippen molar-refractivity contribution in [3.8, 4) is 5.69 Å². The molecule has 38 heavy (non-hydrogen) atoms. The maximum Gasteiger partial charge on any atom is 0.433 e. The maximum atomic E-state index is 14.0. The first kappa shape index (κ1) is 25.2. The smallest absolute Gasteiger partial charge is 0.292 e. The first-order valence-electron chi connectivity index (χ1n) is 11.9. The maximum absolute atomic E-state index is 14.0. The molecule has 2 atom stereocenters. The average Bonchev–Trinajstić information content (AvgIpc) is 3.57. The van der Waals surface area contributed by atoms with E-state index < -0.39 is 17.3 Å². The molecule has 4 heterocycles. The van der Waals surface area contributed by atoms with E-state index in [9.17, 15) is 22.4 Å². The standard InChI is InChI=1S/C26H21F4N5OS2/c27-18-4-6-19(7-5-18)35-21-10-17-8-9-34(38-23-3-1-2-22(33-23)26(28,29)30)14-25(17,11-16(21)12-32-35)24(36)20-13-37-15-31-20/h1-7,12-13,15,17H,8-11,14H2. The summed E-state index contributed by atoms with van der Waals surface area (Å²) in [6.07, 6.45) is -1.09. The molecule has 1 fully saturated rings. The Morgan fingerprint density at radius 1 is 1.16 bits per heavy atom. The van der Waals surface area contributed by atoms with Gasteiger partial charge in [0.1, 0.15) is 22.2 Å². The predicted molar refractivity (Wildman–Crippen MR) is 135 cm³/mol. The Kier molecular flexibility index (Phi) is 6.36. The molecule has 1 saturated heterocycles. The van der Waals surface area contributed by atoms with Crippen molar-refractivity contribution in [2.24, 2.45) is 11.3 Å². The highest BCUT2D eigenvalue weighted by molar-refractivity contribution is 7.97. The van der Waals surface area contributed by atoms with Crippen LogP contribution >= 0.6 is 23.3 Å². The van der Waals surface area contributed by atoms with Crippen molar-refractivity contribution >= 4 is 29.1 Å². The van der Waals surface area contributed by atoms with E-state index in [0.717, 1.165) is 35.0 Å². The van der Waals surface area contributed by atoms with Crippen molar-refractivity contribution in [3.05, 3.63) is 88.0 Å². The first-order chi connectivity index (χ1) is 18.2. The number of pyridine rings is 1. The van der Waals surface area contributed by atoms with Gasteiger partial charge in [-0.15, -0.1) is 11.3 Å². The zero-order valence-corrected chi connectivity index (χ0v) is 21.5. The van der Waals surface area contributed by atoms with E-state index in [1.54, 1.807) is 40.0 Å². The molecule has 0 saturated carbocycles. The lowest BCUT2D eigenvalue weighted by Crippen LogP contribution is -2.55. The lowest BCUT2D eigenvalue weighted by Gasteiger charge is -2.49. The highest BCUT2D eigenvalue weighted by Crippen LogP contribution is 2.49. The number of carbonyl (C=O) groups is 1. The number of Topliss-reactive ketones (excluding diaryl/α,β-unsaturated/α-hetero) is 1. The highest BCUT2D eigenvalue weighted by atomic mass is 32.2. The van der Waals surface area contributed by atoms with Crippen molar-refractivity contribution < 1.29 is 22.4 Å². The van der Waals surface area contributed by atoms with Gasteiger partial charge in [0, 0.05) is 24.2 Å². The van der Waals surface area contributed by atoms with E-state index in [0.29, 0.717) is 38.0 Å². The zero-order chi connectivity index (χ0) is 26.5. The average molecular weight is 560 g/mol. The third-order valence-corrected chi connectivity index (χ3v) is 8.86. The number of halogens is 4. The molecule has 0 N–H and O–H groups in total. The molecule has 6 rings (SSSR count). The summed E-state index contributed by atoms with van der Waals surface area (Å²) in [5, 5.41) is 6.54. The zero-order valence-electron chi connectivity index (χ0n) is 19.9. The summed E-state index contributed by atoms with van der Waals surface area (Å²) in [6, 6.07) is 9.97. The van der Waals surface area contributed by atoms with E-state index in [-0.39, 0.29) is 22.5 Å². The quantitative estimate of drug-likeness (QED) is 0.173. The Balaban J connectivity index is 1.34. The Bertz CT molecular complexity index is 1470. The third kappa shape index (κ3) is 4.54. The van der Waals surface area contributed by atoms with Crippen molar-refractivity contribution in [1.82, 2.24) is 24.1 Å². The predicted octanol–water partition coefficient (Wildman–Crippen LogP) is 5.88. The monoisotopic (exact) mass is 559 g/mol. The number of rotatable bonds is 5. The van der Waals surface area contributed by atoms with Crippen LogP contribution in [0.1, 0.15) is 33.9 Å². The minimum Gasteiger partial charge on any atom is -0.292 e. The Morgan fingerprint density at radius 3 is 2.71 bits per heavy atom. The summed E-state index contributed by atoms with van der Waals surface area (Å²) < 4.78 is 56.9. The van der Waals surface area contributed by atoms with Crippen LogP contribution in [-0.2, 0) is 19.0 Å². The van der Waals surface area contributed by atoms with Crippen LogP contribution in [-0.4, -0.2) is 42.9 Å². The number of ketones is 1. The molecule has 0 amide bonds. The van der Waals surface area contributed by atoms with Gasteiger partial charge in [0.25, 0.3) is 0 Å². The van der Waals surface area contributed by atoms with Gasteiger partial charge in [0.15, 0.2) is 5.78 Å². The number of benzene rings is 1. The van der Waals surface area contributed by atoms with Crippen LogP contribution in [0.25, 0.3) is 5.69 Å². The van der Waals surface area contributed by atoms with E-state index in [1.165, 1.54) is 29.5 Å². The summed E-state index contributed by atoms with van der Waals surface area (Å²) in [5.41, 5.74) is 2.93. The molecule has 6 nitrogen and oxygen atoms in total. The Morgan fingerprint density at radius 2 is 1.97 bits per heavy atom. The lowest BCUT2D eigenvalue weighted by atomic mass is 9.60. The number of thiazole rings is 1. The Hall–Kier alpha value is -3.09. The number of aromatic nitrogens is 4. The molecule has 12 heteroatoms. The fourth-order valence-electron chi connectivity index (χ4n) is 5.50. The molecule has 3 aromatic heterocycles. The van der Waals surface area contributed by atoms with Gasteiger partial charge in [-0.1, -0.05) is 6.07 Å². The normalized spacial score (nSPS) is 21.6. The van der Waals surface area contributed by atoms with Crippen LogP contribution in [0.5, 0.6) is 0 Å². The summed E-state index contributed by atoms with van der Waals surface area (Å²) in [4.78, 5) is 22.1. The molecule has 0 bridgehead atoms. The lowest BCUT2D eigenvalue weighted by molar-refractivity contribution is -0.141. The van der Waals surface area contributed by atoms with Crippen LogP contribution in [0.3, 0.4) is 0 Å². The van der Waals surface area contributed by atoms with Gasteiger partial charge in [-0.05, 0) is 79.1 Å². The number of piperidine rings is 1. The van der Waals surface area contributed by atoms with Gasteiger partial charge in [-0.3, -0.25) is 4.79 Å². The van der Waals surface area contributed by atoms with Crippen LogP contribution in [0, 0.1) is 17.2 Å². The summed E-state index contributed by atoms with van der Waals surface area (Å²) in [7, 11) is 0. The van der Waals surface area contributed by atoms with Crippen molar-refractivity contribution in [1.29, 1.82) is 0 Å². The summed E-state index contributed by atoms with van der Waals surface area (Å²) >= 11 is 2.49. The van der Waals surface area contributed by atoms with Gasteiger partial charge in [-0.2, -0.15) is 18.3 Å². The number of alkyl halides is 3. The van der Waals surface area contributed by atoms with E-state index >= 15 is 0 Å². The molecular formula is C26H21F4N5OS2. The molecule has 1 aliphatic carbocycles. The summed E-state index contributed by atoms with van der Waals surface area (Å²) in [6.45, 7) is 0.928. The fourth-order valence-corrected chi connectivity index (χ4v) is 7.07. The van der Waals surface area contributed by atoms with Gasteiger partial charge < -0.3 is 0 Å². The molecule has 2 unspecified atom stereocenters. The molecule has 0 radical (unpaired) electrons. The van der Waals surface area contributed by atoms with Crippen molar-refractivity contribution in [3.63, 3.8) is 0 Å². The number of fused-ring (bicyclic) bond motifs is 2. The van der Waals surface area contributed by atoms with E-state index in [2.05, 4.69) is 15.1 Å². The Labute approximate surface area is 223 Å². The van der Waals surface area contributed by atoms with Crippen LogP contribution < -0.4 is 0 Å². The minimum atomic E-state index is -4.53. The molecule has 4 aromatic rings. The molecular weight excluding hydrogens is 538 g/mol. The molecule has 1 aliphatic heterocycles. The second-order valence-corrected chi connectivity index (χ2v) is 11.4. The number of hydrogen-bond acceptors (Lipinski definition) is 7. The molecule has 2 aliphatic rings. The summed E-state index contributed by atoms with van der Waals surface area (Å²) in [5.74, 6) is -0.416. The van der Waals surface area contributed by atoms with Crippen molar-refractivity contribution in [2.45, 2.75) is 30.5 Å². The van der Waals surface area contributed by atoms with Crippen LogP contribution in [0.4, 0.5) is 17.6 Å². The van der Waals surface area contributed by atoms with E-state index in [1.807, 2.05) is 4.31 Å². The van der Waals surface area contributed by atoms with Gasteiger partial charge in [0.05, 0.1) is 22.8 Å². The topological polar surface area (TPSA) is 63.9 Å². The molecule has 0 spiro atoms. The first-order valence-corrected chi connectivity index (χ1v) is 13.7.